The fourth-order valence-corrected chi connectivity index (χ4v) is 2.71. The molecule has 0 amide bonds. The van der Waals surface area contributed by atoms with E-state index in [1.165, 1.54) is 5.56 Å². The van der Waals surface area contributed by atoms with Crippen LogP contribution in [0.25, 0.3) is 0 Å². The van der Waals surface area contributed by atoms with Gasteiger partial charge in [0, 0.05) is 45.7 Å². The Kier molecular flexibility index (Phi) is 6.17. The minimum Gasteiger partial charge on any atom is -0.481 e. The summed E-state index contributed by atoms with van der Waals surface area (Å²) in [6, 6.07) is 8.22. The van der Waals surface area contributed by atoms with Crippen LogP contribution in [0, 0.1) is 0 Å². The van der Waals surface area contributed by atoms with Crippen molar-refractivity contribution in [3.05, 3.63) is 35.4 Å². The van der Waals surface area contributed by atoms with Crippen LogP contribution >= 0.6 is 0 Å². The van der Waals surface area contributed by atoms with Gasteiger partial charge in [-0.1, -0.05) is 24.3 Å². The number of rotatable bonds is 7. The highest BCUT2D eigenvalue weighted by molar-refractivity contribution is 5.67. The van der Waals surface area contributed by atoms with Crippen molar-refractivity contribution in [3.63, 3.8) is 0 Å². The van der Waals surface area contributed by atoms with Gasteiger partial charge in [-0.05, 0) is 17.5 Å². The number of aliphatic hydroxyl groups excluding tert-OH is 1. The first-order chi connectivity index (χ1) is 10.2. The molecule has 1 aliphatic heterocycles. The second-order valence-corrected chi connectivity index (χ2v) is 5.56. The highest BCUT2D eigenvalue weighted by Gasteiger charge is 2.16. The van der Waals surface area contributed by atoms with Crippen molar-refractivity contribution >= 4 is 5.97 Å². The van der Waals surface area contributed by atoms with Crippen molar-refractivity contribution in [2.24, 2.45) is 0 Å². The summed E-state index contributed by atoms with van der Waals surface area (Å²) >= 11 is 0. The number of hydrogen-bond donors (Lipinski definition) is 2. The summed E-state index contributed by atoms with van der Waals surface area (Å²) in [7, 11) is 0. The third kappa shape index (κ3) is 5.46. The van der Waals surface area contributed by atoms with Gasteiger partial charge in [0.25, 0.3) is 0 Å². The minimum atomic E-state index is -0.750. The van der Waals surface area contributed by atoms with E-state index >= 15 is 0 Å². The Balaban J connectivity index is 1.83. The van der Waals surface area contributed by atoms with Crippen molar-refractivity contribution in [2.45, 2.75) is 19.4 Å². The standard InChI is InChI=1S/C16H24N2O3/c19-11-10-17-6-8-18(9-7-17)13-15-3-1-2-14(12-15)4-5-16(20)21/h1-3,12,19H,4-11,13H2,(H,20,21). The van der Waals surface area contributed by atoms with E-state index in [4.69, 9.17) is 10.2 Å². The molecule has 5 nitrogen and oxygen atoms in total. The molecule has 1 heterocycles. The number of aryl methyl sites for hydroxylation is 1. The van der Waals surface area contributed by atoms with E-state index in [1.807, 2.05) is 12.1 Å². The lowest BCUT2D eigenvalue weighted by molar-refractivity contribution is -0.136. The molecule has 0 aliphatic carbocycles. The lowest BCUT2D eigenvalue weighted by atomic mass is 10.1. The maximum absolute atomic E-state index is 10.6. The van der Waals surface area contributed by atoms with E-state index in [0.717, 1.165) is 44.8 Å². The quantitative estimate of drug-likeness (QED) is 0.779. The maximum atomic E-state index is 10.6. The minimum absolute atomic E-state index is 0.184. The molecule has 0 aromatic heterocycles. The van der Waals surface area contributed by atoms with Crippen molar-refractivity contribution in [3.8, 4) is 0 Å². The molecule has 1 aromatic rings. The molecular formula is C16H24N2O3. The molecule has 5 heteroatoms. The van der Waals surface area contributed by atoms with Crippen LogP contribution in [-0.2, 0) is 17.8 Å². The zero-order chi connectivity index (χ0) is 15.1. The first-order valence-corrected chi connectivity index (χ1v) is 7.52. The molecular weight excluding hydrogens is 268 g/mol. The number of carboxylic acids is 1. The second kappa shape index (κ2) is 8.12. The van der Waals surface area contributed by atoms with Gasteiger partial charge in [0.2, 0.25) is 0 Å². The smallest absolute Gasteiger partial charge is 0.303 e. The molecule has 0 unspecified atom stereocenters. The largest absolute Gasteiger partial charge is 0.481 e. The number of benzene rings is 1. The Morgan fingerprint density at radius 2 is 1.76 bits per heavy atom. The highest BCUT2D eigenvalue weighted by Crippen LogP contribution is 2.12. The number of aliphatic hydroxyl groups is 1. The van der Waals surface area contributed by atoms with Crippen molar-refractivity contribution in [1.29, 1.82) is 0 Å². The Hall–Kier alpha value is -1.43. The molecule has 1 aliphatic rings. The van der Waals surface area contributed by atoms with Crippen LogP contribution in [0.3, 0.4) is 0 Å². The summed E-state index contributed by atoms with van der Waals surface area (Å²) in [6.07, 6.45) is 0.775. The van der Waals surface area contributed by atoms with Crippen molar-refractivity contribution in [1.82, 2.24) is 9.80 Å². The van der Waals surface area contributed by atoms with Gasteiger partial charge < -0.3 is 10.2 Å². The molecule has 1 saturated heterocycles. The zero-order valence-corrected chi connectivity index (χ0v) is 12.4. The van der Waals surface area contributed by atoms with E-state index in [-0.39, 0.29) is 13.0 Å². The van der Waals surface area contributed by atoms with Crippen LogP contribution in [0.5, 0.6) is 0 Å². The topological polar surface area (TPSA) is 64.0 Å². The normalized spacial score (nSPS) is 17.0. The zero-order valence-electron chi connectivity index (χ0n) is 12.4. The number of β-amino-alcohol motifs (C(OH)–C–C–N with tert-alkyl or cyclic N) is 1. The van der Waals surface area contributed by atoms with E-state index in [1.54, 1.807) is 0 Å². The molecule has 0 spiro atoms. The molecule has 2 N–H and O–H groups in total. The number of piperazine rings is 1. The number of carbonyl (C=O) groups is 1. The van der Waals surface area contributed by atoms with Gasteiger partial charge in [0.05, 0.1) is 6.61 Å². The SMILES string of the molecule is O=C(O)CCc1cccc(CN2CCN(CCO)CC2)c1. The van der Waals surface area contributed by atoms with Crippen LogP contribution in [0.15, 0.2) is 24.3 Å². The molecule has 116 valence electrons. The Labute approximate surface area is 125 Å². The van der Waals surface area contributed by atoms with Crippen molar-refractivity contribution in [2.75, 3.05) is 39.3 Å². The van der Waals surface area contributed by atoms with Crippen LogP contribution in [-0.4, -0.2) is 65.3 Å². The van der Waals surface area contributed by atoms with Crippen LogP contribution in [0.1, 0.15) is 17.5 Å². The molecule has 1 fully saturated rings. The van der Waals surface area contributed by atoms with Crippen LogP contribution in [0.2, 0.25) is 0 Å². The summed E-state index contributed by atoms with van der Waals surface area (Å²) < 4.78 is 0. The molecule has 0 saturated carbocycles. The molecule has 0 radical (unpaired) electrons. The summed E-state index contributed by atoms with van der Waals surface area (Å²) in [5.74, 6) is -0.750. The van der Waals surface area contributed by atoms with Gasteiger partial charge in [-0.2, -0.15) is 0 Å². The summed E-state index contributed by atoms with van der Waals surface area (Å²) in [5, 5.41) is 17.7. The van der Waals surface area contributed by atoms with E-state index in [9.17, 15) is 4.79 Å². The van der Waals surface area contributed by atoms with Gasteiger partial charge in [-0.15, -0.1) is 0 Å². The Morgan fingerprint density at radius 3 is 2.43 bits per heavy atom. The van der Waals surface area contributed by atoms with Gasteiger partial charge in [0.1, 0.15) is 0 Å². The van der Waals surface area contributed by atoms with Gasteiger partial charge in [0.15, 0.2) is 0 Å². The van der Waals surface area contributed by atoms with Crippen LogP contribution < -0.4 is 0 Å². The lowest BCUT2D eigenvalue weighted by Gasteiger charge is -2.34. The third-order valence-electron chi connectivity index (χ3n) is 3.91. The van der Waals surface area contributed by atoms with Crippen molar-refractivity contribution < 1.29 is 15.0 Å². The first-order valence-electron chi connectivity index (χ1n) is 7.52. The Bertz CT molecular complexity index is 457. The number of carboxylic acid groups (broad SMARTS) is 1. The Morgan fingerprint density at radius 1 is 1.10 bits per heavy atom. The number of nitrogens with zero attached hydrogens (tertiary/aromatic N) is 2. The van der Waals surface area contributed by atoms with E-state index in [2.05, 4.69) is 21.9 Å². The molecule has 21 heavy (non-hydrogen) atoms. The van der Waals surface area contributed by atoms with E-state index < -0.39 is 5.97 Å². The number of aliphatic carboxylic acids is 1. The summed E-state index contributed by atoms with van der Waals surface area (Å²) in [6.45, 7) is 5.93. The molecule has 2 rings (SSSR count). The van der Waals surface area contributed by atoms with Gasteiger partial charge >= 0.3 is 5.97 Å². The summed E-state index contributed by atoms with van der Waals surface area (Å²) in [4.78, 5) is 15.3. The average molecular weight is 292 g/mol. The fraction of sp³-hybridized carbons (Fsp3) is 0.562. The maximum Gasteiger partial charge on any atom is 0.303 e. The average Bonchev–Trinajstić information content (AvgIpc) is 2.48. The second-order valence-electron chi connectivity index (χ2n) is 5.56. The third-order valence-corrected chi connectivity index (χ3v) is 3.91. The van der Waals surface area contributed by atoms with E-state index in [0.29, 0.717) is 6.42 Å². The lowest BCUT2D eigenvalue weighted by Crippen LogP contribution is -2.46. The predicted octanol–water partition coefficient (Wildman–Crippen LogP) is 0.814. The monoisotopic (exact) mass is 292 g/mol. The summed E-state index contributed by atoms with van der Waals surface area (Å²) in [5.41, 5.74) is 2.34. The fourth-order valence-electron chi connectivity index (χ4n) is 2.71. The van der Waals surface area contributed by atoms with Gasteiger partial charge in [-0.25, -0.2) is 0 Å². The molecule has 0 bridgehead atoms. The van der Waals surface area contributed by atoms with Gasteiger partial charge in [-0.3, -0.25) is 14.6 Å². The van der Waals surface area contributed by atoms with Crippen LogP contribution in [0.4, 0.5) is 0 Å². The molecule has 1 aromatic carbocycles. The predicted molar refractivity (Wildman–Crippen MR) is 81.2 cm³/mol. The number of hydrogen-bond acceptors (Lipinski definition) is 4. The molecule has 0 atom stereocenters. The highest BCUT2D eigenvalue weighted by atomic mass is 16.4. The first kappa shape index (κ1) is 15.9.